The first-order chi connectivity index (χ1) is 10.0. The Morgan fingerprint density at radius 2 is 2.19 bits per heavy atom. The average Bonchev–Trinajstić information content (AvgIpc) is 2.91. The molecule has 2 heterocycles. The molecule has 0 radical (unpaired) electrons. The van der Waals surface area contributed by atoms with Crippen molar-refractivity contribution in [2.45, 2.75) is 26.8 Å². The molecule has 8 heteroatoms. The standard InChI is InChI=1S/C13H21N7O/c1-5-20(7-10(21)16-8(2)3)12-9-6-15-19-11(9)17-13(14-4)18-12/h6,8H,5,7H2,1-4H3,(H,16,21)(H2,14,15,17,18,19). The van der Waals surface area contributed by atoms with Crippen molar-refractivity contribution in [2.24, 2.45) is 0 Å². The van der Waals surface area contributed by atoms with E-state index in [9.17, 15) is 4.79 Å². The van der Waals surface area contributed by atoms with E-state index in [1.807, 2.05) is 25.7 Å². The first-order valence-electron chi connectivity index (χ1n) is 6.98. The maximum atomic E-state index is 12.0. The highest BCUT2D eigenvalue weighted by Gasteiger charge is 2.17. The van der Waals surface area contributed by atoms with Gasteiger partial charge in [0.2, 0.25) is 11.9 Å². The van der Waals surface area contributed by atoms with Gasteiger partial charge in [-0.15, -0.1) is 0 Å². The molecule has 0 aliphatic rings. The van der Waals surface area contributed by atoms with E-state index in [1.54, 1.807) is 13.2 Å². The lowest BCUT2D eigenvalue weighted by atomic mass is 10.3. The van der Waals surface area contributed by atoms with Crippen LogP contribution in [0.1, 0.15) is 20.8 Å². The predicted octanol–water partition coefficient (Wildman–Crippen LogP) is 0.745. The molecule has 0 aromatic carbocycles. The molecular formula is C13H21N7O. The minimum Gasteiger partial charge on any atom is -0.357 e. The number of aromatic amines is 1. The number of rotatable bonds is 6. The summed E-state index contributed by atoms with van der Waals surface area (Å²) in [6, 6.07) is 0.114. The number of H-pyrrole nitrogens is 1. The van der Waals surface area contributed by atoms with E-state index in [1.165, 1.54) is 0 Å². The second kappa shape index (κ2) is 6.38. The fraction of sp³-hybridized carbons (Fsp3) is 0.538. The lowest BCUT2D eigenvalue weighted by molar-refractivity contribution is -0.120. The van der Waals surface area contributed by atoms with Crippen molar-refractivity contribution in [1.82, 2.24) is 25.5 Å². The van der Waals surface area contributed by atoms with Crippen LogP contribution in [0, 0.1) is 0 Å². The monoisotopic (exact) mass is 291 g/mol. The molecule has 0 bridgehead atoms. The molecule has 0 atom stereocenters. The zero-order valence-electron chi connectivity index (χ0n) is 12.8. The van der Waals surface area contributed by atoms with Crippen molar-refractivity contribution in [3.05, 3.63) is 6.20 Å². The highest BCUT2D eigenvalue weighted by atomic mass is 16.2. The van der Waals surface area contributed by atoms with Crippen molar-refractivity contribution < 1.29 is 4.79 Å². The van der Waals surface area contributed by atoms with Crippen LogP contribution in [-0.4, -0.2) is 52.3 Å². The van der Waals surface area contributed by atoms with Crippen LogP contribution in [0.25, 0.3) is 11.0 Å². The van der Waals surface area contributed by atoms with Gasteiger partial charge in [0.05, 0.1) is 18.1 Å². The summed E-state index contributed by atoms with van der Waals surface area (Å²) in [4.78, 5) is 22.6. The Balaban J connectivity index is 2.32. The topological polar surface area (TPSA) is 98.8 Å². The molecule has 0 spiro atoms. The lowest BCUT2D eigenvalue weighted by Gasteiger charge is -2.22. The highest BCUT2D eigenvalue weighted by Crippen LogP contribution is 2.23. The summed E-state index contributed by atoms with van der Waals surface area (Å²) in [5.74, 6) is 1.15. The van der Waals surface area contributed by atoms with Gasteiger partial charge >= 0.3 is 0 Å². The number of carbonyl (C=O) groups excluding carboxylic acids is 1. The number of hydrogen-bond acceptors (Lipinski definition) is 6. The molecule has 8 nitrogen and oxygen atoms in total. The van der Waals surface area contributed by atoms with Crippen LogP contribution in [0.5, 0.6) is 0 Å². The van der Waals surface area contributed by atoms with E-state index in [4.69, 9.17) is 0 Å². The molecule has 2 aromatic rings. The maximum Gasteiger partial charge on any atom is 0.239 e. The second-order valence-electron chi connectivity index (χ2n) is 4.99. The normalized spacial score (nSPS) is 10.9. The zero-order chi connectivity index (χ0) is 15.4. The molecule has 0 saturated heterocycles. The Kier molecular flexibility index (Phi) is 4.56. The van der Waals surface area contributed by atoms with Crippen LogP contribution in [0.4, 0.5) is 11.8 Å². The summed E-state index contributed by atoms with van der Waals surface area (Å²) >= 11 is 0. The Morgan fingerprint density at radius 1 is 1.43 bits per heavy atom. The van der Waals surface area contributed by atoms with Crippen molar-refractivity contribution in [3.8, 4) is 0 Å². The molecule has 0 saturated carbocycles. The fourth-order valence-corrected chi connectivity index (χ4v) is 2.05. The maximum absolute atomic E-state index is 12.0. The minimum atomic E-state index is -0.0342. The SMILES string of the molecule is CCN(CC(=O)NC(C)C)c1nc(NC)nc2[nH]ncc12. The molecule has 21 heavy (non-hydrogen) atoms. The van der Waals surface area contributed by atoms with Crippen molar-refractivity contribution >= 4 is 28.7 Å². The van der Waals surface area contributed by atoms with E-state index in [2.05, 4.69) is 30.8 Å². The number of hydrogen-bond donors (Lipinski definition) is 3. The molecule has 1 amide bonds. The van der Waals surface area contributed by atoms with Gasteiger partial charge in [-0.05, 0) is 20.8 Å². The quantitative estimate of drug-likeness (QED) is 0.726. The number of aromatic nitrogens is 4. The van der Waals surface area contributed by atoms with Crippen LogP contribution < -0.4 is 15.5 Å². The molecule has 2 aromatic heterocycles. The second-order valence-corrected chi connectivity index (χ2v) is 4.99. The Morgan fingerprint density at radius 3 is 2.81 bits per heavy atom. The molecule has 114 valence electrons. The Labute approximate surface area is 123 Å². The number of anilines is 2. The van der Waals surface area contributed by atoms with Crippen LogP contribution in [-0.2, 0) is 4.79 Å². The third-order valence-electron chi connectivity index (χ3n) is 2.98. The molecule has 3 N–H and O–H groups in total. The third kappa shape index (κ3) is 3.39. The Bertz CT molecular complexity index is 622. The van der Waals surface area contributed by atoms with E-state index >= 15 is 0 Å². The number of fused-ring (bicyclic) bond motifs is 1. The largest absolute Gasteiger partial charge is 0.357 e. The smallest absolute Gasteiger partial charge is 0.239 e. The number of carbonyl (C=O) groups is 1. The summed E-state index contributed by atoms with van der Waals surface area (Å²) in [5.41, 5.74) is 0.645. The van der Waals surface area contributed by atoms with Gasteiger partial charge < -0.3 is 15.5 Å². The Hall–Kier alpha value is -2.38. The van der Waals surface area contributed by atoms with Crippen LogP contribution in [0.15, 0.2) is 6.20 Å². The van der Waals surface area contributed by atoms with Gasteiger partial charge in [-0.2, -0.15) is 15.1 Å². The van der Waals surface area contributed by atoms with Gasteiger partial charge in [0.25, 0.3) is 0 Å². The van der Waals surface area contributed by atoms with Crippen LogP contribution >= 0.6 is 0 Å². The predicted molar refractivity (Wildman–Crippen MR) is 82.4 cm³/mol. The van der Waals surface area contributed by atoms with Gasteiger partial charge in [-0.1, -0.05) is 0 Å². The molecule has 0 unspecified atom stereocenters. The summed E-state index contributed by atoms with van der Waals surface area (Å²) in [5, 5.41) is 13.4. The highest BCUT2D eigenvalue weighted by molar-refractivity contribution is 5.90. The van der Waals surface area contributed by atoms with Crippen molar-refractivity contribution in [1.29, 1.82) is 0 Å². The van der Waals surface area contributed by atoms with Crippen molar-refractivity contribution in [2.75, 3.05) is 30.4 Å². The first kappa shape index (κ1) is 15.0. The average molecular weight is 291 g/mol. The van der Waals surface area contributed by atoms with Crippen LogP contribution in [0.2, 0.25) is 0 Å². The van der Waals surface area contributed by atoms with Crippen molar-refractivity contribution in [3.63, 3.8) is 0 Å². The van der Waals surface area contributed by atoms with E-state index in [0.29, 0.717) is 24.0 Å². The van der Waals surface area contributed by atoms with Gasteiger partial charge in [-0.25, -0.2) is 0 Å². The molecule has 0 aliphatic carbocycles. The van der Waals surface area contributed by atoms with Crippen LogP contribution in [0.3, 0.4) is 0 Å². The van der Waals surface area contributed by atoms with E-state index in [-0.39, 0.29) is 18.5 Å². The summed E-state index contributed by atoms with van der Waals surface area (Å²) in [6.45, 7) is 6.76. The van der Waals surface area contributed by atoms with E-state index in [0.717, 1.165) is 5.39 Å². The van der Waals surface area contributed by atoms with Gasteiger partial charge in [0.15, 0.2) is 5.65 Å². The van der Waals surface area contributed by atoms with E-state index < -0.39 is 0 Å². The van der Waals surface area contributed by atoms with Gasteiger partial charge in [-0.3, -0.25) is 9.89 Å². The number of nitrogens with zero attached hydrogens (tertiary/aromatic N) is 4. The third-order valence-corrected chi connectivity index (χ3v) is 2.98. The summed E-state index contributed by atoms with van der Waals surface area (Å²) < 4.78 is 0. The molecular weight excluding hydrogens is 270 g/mol. The molecule has 2 rings (SSSR count). The number of likely N-dealkylation sites (N-methyl/N-ethyl adjacent to an activating group) is 1. The minimum absolute atomic E-state index is 0.0342. The first-order valence-corrected chi connectivity index (χ1v) is 6.98. The summed E-state index contributed by atoms with van der Waals surface area (Å²) in [7, 11) is 1.75. The fourth-order valence-electron chi connectivity index (χ4n) is 2.05. The number of amides is 1. The lowest BCUT2D eigenvalue weighted by Crippen LogP contribution is -2.40. The van der Waals surface area contributed by atoms with Gasteiger partial charge in [0, 0.05) is 19.6 Å². The summed E-state index contributed by atoms with van der Waals surface area (Å²) in [6.07, 6.45) is 1.67. The number of nitrogens with one attached hydrogen (secondary N) is 3. The molecule has 0 fully saturated rings. The van der Waals surface area contributed by atoms with Gasteiger partial charge in [0.1, 0.15) is 5.82 Å². The molecule has 0 aliphatic heterocycles. The zero-order valence-corrected chi connectivity index (χ0v) is 12.8.